The fourth-order valence-electron chi connectivity index (χ4n) is 1.44. The summed E-state index contributed by atoms with van der Waals surface area (Å²) in [5.41, 5.74) is 6.05. The van der Waals surface area contributed by atoms with E-state index in [1.807, 2.05) is 12.4 Å². The molecule has 1 atom stereocenters. The van der Waals surface area contributed by atoms with Crippen molar-refractivity contribution in [2.45, 2.75) is 25.9 Å². The lowest BCUT2D eigenvalue weighted by atomic mass is 10.2. The van der Waals surface area contributed by atoms with Crippen LogP contribution in [0.3, 0.4) is 0 Å². The molecule has 0 spiro atoms. The second-order valence-electron chi connectivity index (χ2n) is 3.77. The van der Waals surface area contributed by atoms with Gasteiger partial charge in [0.15, 0.2) is 0 Å². The number of nitrogens with zero attached hydrogens (tertiary/aromatic N) is 3. The summed E-state index contributed by atoms with van der Waals surface area (Å²) in [5, 5.41) is 0. The Morgan fingerprint density at radius 2 is 2.29 bits per heavy atom. The summed E-state index contributed by atoms with van der Waals surface area (Å²) in [4.78, 5) is 6.42. The summed E-state index contributed by atoms with van der Waals surface area (Å²) < 4.78 is 2.10. The molecule has 80 valence electrons. The van der Waals surface area contributed by atoms with E-state index >= 15 is 0 Å². The molecule has 14 heavy (non-hydrogen) atoms. The minimum atomic E-state index is 0.0485. The fraction of sp³-hybridized carbons (Fsp3) is 0.700. The molecule has 1 rings (SSSR count). The summed E-state index contributed by atoms with van der Waals surface area (Å²) >= 11 is 0. The second kappa shape index (κ2) is 5.12. The van der Waals surface area contributed by atoms with Gasteiger partial charge in [0.05, 0.1) is 6.04 Å². The molecule has 0 aliphatic rings. The van der Waals surface area contributed by atoms with Crippen molar-refractivity contribution < 1.29 is 0 Å². The Morgan fingerprint density at radius 1 is 1.57 bits per heavy atom. The van der Waals surface area contributed by atoms with Gasteiger partial charge in [-0.2, -0.15) is 0 Å². The zero-order valence-corrected chi connectivity index (χ0v) is 9.27. The van der Waals surface area contributed by atoms with Gasteiger partial charge in [-0.15, -0.1) is 0 Å². The summed E-state index contributed by atoms with van der Waals surface area (Å²) in [6, 6.07) is 0.0485. The first kappa shape index (κ1) is 11.2. The highest BCUT2D eigenvalue weighted by atomic mass is 15.1. The van der Waals surface area contributed by atoms with Gasteiger partial charge >= 0.3 is 0 Å². The molecule has 1 aromatic rings. The average molecular weight is 196 g/mol. The molecule has 1 unspecified atom stereocenters. The van der Waals surface area contributed by atoms with Crippen LogP contribution in [-0.2, 0) is 6.54 Å². The van der Waals surface area contributed by atoms with Gasteiger partial charge in [0.2, 0.25) is 0 Å². The van der Waals surface area contributed by atoms with Crippen LogP contribution in [-0.4, -0.2) is 35.1 Å². The summed E-state index contributed by atoms with van der Waals surface area (Å²) in [6.45, 7) is 4.03. The highest BCUT2D eigenvalue weighted by Crippen LogP contribution is 2.11. The number of aryl methyl sites for hydroxylation is 1. The molecule has 0 aliphatic carbocycles. The first-order valence-electron chi connectivity index (χ1n) is 5.06. The Hall–Kier alpha value is -0.870. The largest absolute Gasteiger partial charge is 0.334 e. The van der Waals surface area contributed by atoms with Crippen LogP contribution >= 0.6 is 0 Å². The fourth-order valence-corrected chi connectivity index (χ4v) is 1.44. The van der Waals surface area contributed by atoms with Gasteiger partial charge in [0.1, 0.15) is 5.82 Å². The van der Waals surface area contributed by atoms with E-state index < -0.39 is 0 Å². The predicted octanol–water partition coefficient (Wildman–Crippen LogP) is 0.855. The van der Waals surface area contributed by atoms with Crippen molar-refractivity contribution in [3.8, 4) is 0 Å². The van der Waals surface area contributed by atoms with E-state index in [-0.39, 0.29) is 6.04 Å². The van der Waals surface area contributed by atoms with Gasteiger partial charge in [0.25, 0.3) is 0 Å². The first-order valence-corrected chi connectivity index (χ1v) is 5.06. The van der Waals surface area contributed by atoms with Crippen molar-refractivity contribution >= 4 is 0 Å². The second-order valence-corrected chi connectivity index (χ2v) is 3.77. The van der Waals surface area contributed by atoms with Gasteiger partial charge < -0.3 is 15.2 Å². The minimum absolute atomic E-state index is 0.0485. The third kappa shape index (κ3) is 2.82. The Balaban J connectivity index is 2.55. The SMILES string of the molecule is CCn1ccnc1C(N)CCN(C)C. The Morgan fingerprint density at radius 3 is 2.86 bits per heavy atom. The molecule has 0 saturated carbocycles. The summed E-state index contributed by atoms with van der Waals surface area (Å²) in [5.74, 6) is 0.995. The van der Waals surface area contributed by atoms with Crippen molar-refractivity contribution in [2.24, 2.45) is 5.73 Å². The molecule has 0 aromatic carbocycles. The smallest absolute Gasteiger partial charge is 0.125 e. The molecule has 0 aliphatic heterocycles. The minimum Gasteiger partial charge on any atom is -0.334 e. The number of hydrogen-bond acceptors (Lipinski definition) is 3. The quantitative estimate of drug-likeness (QED) is 0.759. The van der Waals surface area contributed by atoms with E-state index in [1.165, 1.54) is 0 Å². The molecule has 4 nitrogen and oxygen atoms in total. The van der Waals surface area contributed by atoms with E-state index in [0.29, 0.717) is 0 Å². The lowest BCUT2D eigenvalue weighted by molar-refractivity contribution is 0.376. The average Bonchev–Trinajstić information content (AvgIpc) is 2.61. The molecule has 0 saturated heterocycles. The van der Waals surface area contributed by atoms with Crippen molar-refractivity contribution in [2.75, 3.05) is 20.6 Å². The van der Waals surface area contributed by atoms with Gasteiger partial charge in [-0.3, -0.25) is 0 Å². The maximum atomic E-state index is 6.05. The van der Waals surface area contributed by atoms with Crippen molar-refractivity contribution in [1.82, 2.24) is 14.5 Å². The van der Waals surface area contributed by atoms with Crippen molar-refractivity contribution in [1.29, 1.82) is 0 Å². The van der Waals surface area contributed by atoms with Crippen LogP contribution in [0.2, 0.25) is 0 Å². The molecule has 0 bridgehead atoms. The van der Waals surface area contributed by atoms with Crippen LogP contribution in [0.1, 0.15) is 25.2 Å². The van der Waals surface area contributed by atoms with Crippen molar-refractivity contribution in [3.63, 3.8) is 0 Å². The Labute approximate surface area is 85.7 Å². The lowest BCUT2D eigenvalue weighted by Gasteiger charge is -2.15. The van der Waals surface area contributed by atoms with Crippen LogP contribution in [0, 0.1) is 0 Å². The van der Waals surface area contributed by atoms with Gasteiger partial charge in [-0.25, -0.2) is 4.98 Å². The van der Waals surface area contributed by atoms with E-state index in [9.17, 15) is 0 Å². The number of nitrogens with two attached hydrogens (primary N) is 1. The van der Waals surface area contributed by atoms with Gasteiger partial charge in [0, 0.05) is 18.9 Å². The summed E-state index contributed by atoms with van der Waals surface area (Å²) in [6.07, 6.45) is 4.74. The van der Waals surface area contributed by atoms with Crippen LogP contribution < -0.4 is 5.73 Å². The maximum absolute atomic E-state index is 6.05. The standard InChI is InChI=1S/C10H20N4/c1-4-14-8-6-12-10(14)9(11)5-7-13(2)3/h6,8-9H,4-5,7,11H2,1-3H3. The molecule has 0 amide bonds. The monoisotopic (exact) mass is 196 g/mol. The number of rotatable bonds is 5. The summed E-state index contributed by atoms with van der Waals surface area (Å²) in [7, 11) is 4.11. The predicted molar refractivity (Wildman–Crippen MR) is 58.0 cm³/mol. The first-order chi connectivity index (χ1) is 6.65. The van der Waals surface area contributed by atoms with Crippen LogP contribution in [0.25, 0.3) is 0 Å². The third-order valence-corrected chi connectivity index (χ3v) is 2.31. The van der Waals surface area contributed by atoms with Crippen LogP contribution in [0.15, 0.2) is 12.4 Å². The molecule has 0 radical (unpaired) electrons. The van der Waals surface area contributed by atoms with Crippen molar-refractivity contribution in [3.05, 3.63) is 18.2 Å². The number of hydrogen-bond donors (Lipinski definition) is 1. The molecular weight excluding hydrogens is 176 g/mol. The van der Waals surface area contributed by atoms with E-state index in [2.05, 4.69) is 35.5 Å². The number of imidazole rings is 1. The zero-order chi connectivity index (χ0) is 10.6. The van der Waals surface area contributed by atoms with Gasteiger partial charge in [-0.1, -0.05) is 0 Å². The number of aromatic nitrogens is 2. The van der Waals surface area contributed by atoms with Crippen LogP contribution in [0.4, 0.5) is 0 Å². The normalized spacial score (nSPS) is 13.5. The molecule has 2 N–H and O–H groups in total. The van der Waals surface area contributed by atoms with E-state index in [0.717, 1.165) is 25.3 Å². The molecule has 1 heterocycles. The van der Waals surface area contributed by atoms with Crippen LogP contribution in [0.5, 0.6) is 0 Å². The highest BCUT2D eigenvalue weighted by Gasteiger charge is 2.11. The zero-order valence-electron chi connectivity index (χ0n) is 9.27. The lowest BCUT2D eigenvalue weighted by Crippen LogP contribution is -2.22. The highest BCUT2D eigenvalue weighted by molar-refractivity contribution is 4.98. The molecule has 4 heteroatoms. The Bertz CT molecular complexity index is 267. The topological polar surface area (TPSA) is 47.1 Å². The molecule has 1 aromatic heterocycles. The van der Waals surface area contributed by atoms with E-state index in [1.54, 1.807) is 0 Å². The molecular formula is C10H20N4. The van der Waals surface area contributed by atoms with Gasteiger partial charge in [-0.05, 0) is 34.0 Å². The Kier molecular flexibility index (Phi) is 4.10. The maximum Gasteiger partial charge on any atom is 0.125 e. The third-order valence-electron chi connectivity index (χ3n) is 2.31. The van der Waals surface area contributed by atoms with E-state index in [4.69, 9.17) is 5.73 Å². The molecule has 0 fully saturated rings.